The number of carbonyl (C=O) groups is 2. The van der Waals surface area contributed by atoms with Crippen molar-refractivity contribution in [3.8, 4) is 0 Å². The molecule has 7 nitrogen and oxygen atoms in total. The van der Waals surface area contributed by atoms with E-state index < -0.39 is 5.54 Å². The van der Waals surface area contributed by atoms with Crippen LogP contribution in [-0.4, -0.2) is 65.7 Å². The third kappa shape index (κ3) is 7.51. The molecule has 2 N–H and O–H groups in total. The third-order valence-electron chi connectivity index (χ3n) is 9.32. The fourth-order valence-electron chi connectivity index (χ4n) is 6.26. The summed E-state index contributed by atoms with van der Waals surface area (Å²) in [4.78, 5) is 29.1. The summed E-state index contributed by atoms with van der Waals surface area (Å²) >= 11 is 0. The molecule has 0 bridgehead atoms. The van der Waals surface area contributed by atoms with Crippen LogP contribution in [0.1, 0.15) is 108 Å². The second kappa shape index (κ2) is 10.8. The molecule has 3 atom stereocenters. The molecule has 3 fully saturated rings. The van der Waals surface area contributed by atoms with Gasteiger partial charge in [-0.05, 0) is 111 Å². The van der Waals surface area contributed by atoms with Gasteiger partial charge in [0.25, 0.3) is 0 Å². The molecule has 8 heteroatoms. The van der Waals surface area contributed by atoms with Gasteiger partial charge in [0.2, 0.25) is 11.8 Å². The first-order valence-corrected chi connectivity index (χ1v) is 14.5. The van der Waals surface area contributed by atoms with E-state index in [2.05, 4.69) is 57.1 Å². The molecule has 2 heterocycles. The molecule has 2 amide bonds. The summed E-state index contributed by atoms with van der Waals surface area (Å²) in [7, 11) is -0.238. The maximum absolute atomic E-state index is 14.0. The molecular weight excluding hydrogens is 465 g/mol. The standard InChI is InChI=1S/C29H54BN3O4/c1-21(34)31-29(24(35)32-25(2,3)4)19-22(13-16-30-36-27(7,8)28(9,10)37-30)11-12-23(29)20-33-17-14-26(5,6)15-18-33/h22-23H,11-20H2,1-10H3,(H,31,34)(H,32,35). The number of hydrogen-bond acceptors (Lipinski definition) is 5. The van der Waals surface area contributed by atoms with E-state index in [0.717, 1.165) is 58.1 Å². The maximum atomic E-state index is 14.0. The fraction of sp³-hybridized carbons (Fsp3) is 0.931. The van der Waals surface area contributed by atoms with Gasteiger partial charge in [0.15, 0.2) is 0 Å². The van der Waals surface area contributed by atoms with E-state index in [1.165, 1.54) is 0 Å². The monoisotopic (exact) mass is 519 g/mol. The van der Waals surface area contributed by atoms with Crippen LogP contribution < -0.4 is 10.6 Å². The first-order chi connectivity index (χ1) is 16.8. The van der Waals surface area contributed by atoms with Crippen molar-refractivity contribution in [2.24, 2.45) is 17.3 Å². The van der Waals surface area contributed by atoms with Crippen molar-refractivity contribution in [1.82, 2.24) is 15.5 Å². The summed E-state index contributed by atoms with van der Waals surface area (Å²) in [5.74, 6) is 0.208. The number of amides is 2. The Kier molecular flexibility index (Phi) is 8.89. The van der Waals surface area contributed by atoms with E-state index in [0.29, 0.717) is 17.8 Å². The minimum atomic E-state index is -0.912. The number of rotatable bonds is 7. The predicted octanol–water partition coefficient (Wildman–Crippen LogP) is 4.80. The molecule has 2 saturated heterocycles. The van der Waals surface area contributed by atoms with Crippen molar-refractivity contribution in [2.45, 2.75) is 136 Å². The van der Waals surface area contributed by atoms with Gasteiger partial charge >= 0.3 is 7.12 Å². The number of likely N-dealkylation sites (tertiary alicyclic amines) is 1. The normalized spacial score (nSPS) is 31.7. The zero-order valence-electron chi connectivity index (χ0n) is 25.4. The molecule has 2 aliphatic heterocycles. The SMILES string of the molecule is CC(=O)NC1(C(=O)NC(C)(C)C)CC(CCB2OC(C)(C)C(C)(C)O2)CCC1CN1CCC(C)(C)CC1. The summed E-state index contributed by atoms with van der Waals surface area (Å²) in [6, 6.07) is 0. The molecule has 1 saturated carbocycles. The van der Waals surface area contributed by atoms with Gasteiger partial charge in [-0.1, -0.05) is 20.3 Å². The Balaban J connectivity index is 1.78. The van der Waals surface area contributed by atoms with Crippen LogP contribution in [0.15, 0.2) is 0 Å². The average Bonchev–Trinajstić information content (AvgIpc) is 2.94. The Bertz CT molecular complexity index is 811. The highest BCUT2D eigenvalue weighted by molar-refractivity contribution is 6.45. The lowest BCUT2D eigenvalue weighted by Gasteiger charge is -2.49. The van der Waals surface area contributed by atoms with Gasteiger partial charge in [-0.25, -0.2) is 0 Å². The Morgan fingerprint density at radius 3 is 2.05 bits per heavy atom. The van der Waals surface area contributed by atoms with E-state index in [9.17, 15) is 9.59 Å². The van der Waals surface area contributed by atoms with E-state index in [-0.39, 0.29) is 41.6 Å². The molecular formula is C29H54BN3O4. The van der Waals surface area contributed by atoms with Gasteiger partial charge in [0, 0.05) is 24.9 Å². The topological polar surface area (TPSA) is 79.9 Å². The minimum absolute atomic E-state index is 0.0436. The minimum Gasteiger partial charge on any atom is -0.403 e. The van der Waals surface area contributed by atoms with Crippen molar-refractivity contribution in [3.63, 3.8) is 0 Å². The Hall–Kier alpha value is -1.12. The maximum Gasteiger partial charge on any atom is 0.457 e. The average molecular weight is 520 g/mol. The summed E-state index contributed by atoms with van der Waals surface area (Å²) in [6.45, 7) is 23.5. The van der Waals surface area contributed by atoms with Crippen molar-refractivity contribution in [1.29, 1.82) is 0 Å². The van der Waals surface area contributed by atoms with Gasteiger partial charge in [0.1, 0.15) is 5.54 Å². The highest BCUT2D eigenvalue weighted by Gasteiger charge is 2.53. The lowest BCUT2D eigenvalue weighted by molar-refractivity contribution is -0.140. The zero-order valence-corrected chi connectivity index (χ0v) is 25.4. The molecule has 0 spiro atoms. The quantitative estimate of drug-likeness (QED) is 0.473. The molecule has 212 valence electrons. The first kappa shape index (κ1) is 30.4. The van der Waals surface area contributed by atoms with E-state index >= 15 is 0 Å². The van der Waals surface area contributed by atoms with Crippen molar-refractivity contribution in [2.75, 3.05) is 19.6 Å². The van der Waals surface area contributed by atoms with Gasteiger partial charge in [-0.15, -0.1) is 0 Å². The van der Waals surface area contributed by atoms with Crippen molar-refractivity contribution in [3.05, 3.63) is 0 Å². The number of carbonyl (C=O) groups excluding carboxylic acids is 2. The van der Waals surface area contributed by atoms with Crippen LogP contribution >= 0.6 is 0 Å². The van der Waals surface area contributed by atoms with Crippen LogP contribution in [0.25, 0.3) is 0 Å². The second-order valence-electron chi connectivity index (χ2n) is 14.9. The summed E-state index contributed by atoms with van der Waals surface area (Å²) < 4.78 is 12.5. The predicted molar refractivity (Wildman–Crippen MR) is 150 cm³/mol. The number of piperidine rings is 1. The lowest BCUT2D eigenvalue weighted by atomic mass is 9.64. The van der Waals surface area contributed by atoms with Crippen LogP contribution in [-0.2, 0) is 18.9 Å². The van der Waals surface area contributed by atoms with E-state index in [1.807, 2.05) is 20.8 Å². The molecule has 0 aromatic rings. The third-order valence-corrected chi connectivity index (χ3v) is 9.32. The van der Waals surface area contributed by atoms with Crippen LogP contribution in [0.4, 0.5) is 0 Å². The van der Waals surface area contributed by atoms with Crippen LogP contribution in [0.5, 0.6) is 0 Å². The van der Waals surface area contributed by atoms with Gasteiger partial charge in [-0.3, -0.25) is 9.59 Å². The largest absolute Gasteiger partial charge is 0.457 e. The molecule has 3 rings (SSSR count). The smallest absolute Gasteiger partial charge is 0.403 e. The van der Waals surface area contributed by atoms with Crippen LogP contribution in [0.2, 0.25) is 6.32 Å². The van der Waals surface area contributed by atoms with Crippen LogP contribution in [0, 0.1) is 17.3 Å². The van der Waals surface area contributed by atoms with E-state index in [4.69, 9.17) is 9.31 Å². The van der Waals surface area contributed by atoms with Crippen LogP contribution in [0.3, 0.4) is 0 Å². The molecule has 37 heavy (non-hydrogen) atoms. The summed E-state index contributed by atoms with van der Waals surface area (Å²) in [5.41, 5.74) is -1.60. The molecule has 3 aliphatic rings. The van der Waals surface area contributed by atoms with Crippen molar-refractivity contribution < 1.29 is 18.9 Å². The number of nitrogens with one attached hydrogen (secondary N) is 2. The Morgan fingerprint density at radius 1 is 0.973 bits per heavy atom. The summed E-state index contributed by atoms with van der Waals surface area (Å²) in [5, 5.41) is 6.45. The van der Waals surface area contributed by atoms with Crippen molar-refractivity contribution >= 4 is 18.9 Å². The highest BCUT2D eigenvalue weighted by Crippen LogP contribution is 2.43. The lowest BCUT2D eigenvalue weighted by Crippen LogP contribution is -2.68. The van der Waals surface area contributed by atoms with Gasteiger partial charge < -0.3 is 24.8 Å². The number of hydrogen-bond donors (Lipinski definition) is 2. The molecule has 3 unspecified atom stereocenters. The van der Waals surface area contributed by atoms with Gasteiger partial charge in [-0.2, -0.15) is 0 Å². The second-order valence-corrected chi connectivity index (χ2v) is 14.9. The highest BCUT2D eigenvalue weighted by atomic mass is 16.7. The zero-order chi connectivity index (χ0) is 27.9. The fourth-order valence-corrected chi connectivity index (χ4v) is 6.26. The van der Waals surface area contributed by atoms with Gasteiger partial charge in [0.05, 0.1) is 11.2 Å². The molecule has 0 aromatic heterocycles. The Labute approximate surface area is 226 Å². The molecule has 0 radical (unpaired) electrons. The first-order valence-electron chi connectivity index (χ1n) is 14.5. The molecule has 1 aliphatic carbocycles. The number of nitrogens with zero attached hydrogens (tertiary/aromatic N) is 1. The summed E-state index contributed by atoms with van der Waals surface area (Å²) in [6.07, 6.45) is 6.65. The Morgan fingerprint density at radius 2 is 1.54 bits per heavy atom. The molecule has 0 aromatic carbocycles. The van der Waals surface area contributed by atoms with E-state index in [1.54, 1.807) is 6.92 Å².